The lowest BCUT2D eigenvalue weighted by Crippen LogP contribution is -2.26. The average molecular weight is 330 g/mol. The monoisotopic (exact) mass is 330 g/mol. The highest BCUT2D eigenvalue weighted by molar-refractivity contribution is 7.13. The number of aromatic nitrogens is 2. The van der Waals surface area contributed by atoms with Gasteiger partial charge in [0.25, 0.3) is 0 Å². The van der Waals surface area contributed by atoms with Gasteiger partial charge >= 0.3 is 0 Å². The lowest BCUT2D eigenvalue weighted by molar-refractivity contribution is -0.121. The summed E-state index contributed by atoms with van der Waals surface area (Å²) in [5.41, 5.74) is 2.17. The molecular formula is C17H22N4OS. The Labute approximate surface area is 140 Å². The van der Waals surface area contributed by atoms with Crippen molar-refractivity contribution in [2.24, 2.45) is 0 Å². The quantitative estimate of drug-likeness (QED) is 0.847. The van der Waals surface area contributed by atoms with Gasteiger partial charge in [0.2, 0.25) is 5.91 Å². The van der Waals surface area contributed by atoms with Crippen molar-refractivity contribution in [3.05, 3.63) is 41.2 Å². The number of nitrogens with one attached hydrogen (secondary N) is 1. The van der Waals surface area contributed by atoms with Gasteiger partial charge in [-0.3, -0.25) is 9.78 Å². The third-order valence-corrected chi connectivity index (χ3v) is 4.93. The van der Waals surface area contributed by atoms with Crippen LogP contribution in [0.25, 0.3) is 0 Å². The van der Waals surface area contributed by atoms with Gasteiger partial charge in [-0.25, -0.2) is 4.98 Å². The summed E-state index contributed by atoms with van der Waals surface area (Å²) in [7, 11) is 0. The lowest BCUT2D eigenvalue weighted by atomic mass is 10.1. The molecule has 0 radical (unpaired) electrons. The number of carbonyl (C=O) groups excluding carboxylic acids is 1. The second kappa shape index (κ2) is 8.06. The van der Waals surface area contributed by atoms with Crippen molar-refractivity contribution in [2.75, 3.05) is 24.5 Å². The first-order chi connectivity index (χ1) is 11.3. The number of anilines is 1. The number of pyridine rings is 1. The van der Waals surface area contributed by atoms with Crippen molar-refractivity contribution >= 4 is 22.4 Å². The molecule has 0 bridgehead atoms. The van der Waals surface area contributed by atoms with Gasteiger partial charge in [-0.15, -0.1) is 11.3 Å². The Hall–Kier alpha value is -1.95. The predicted molar refractivity (Wildman–Crippen MR) is 92.8 cm³/mol. The summed E-state index contributed by atoms with van der Waals surface area (Å²) in [5.74, 6) is 0.0869. The van der Waals surface area contributed by atoms with Crippen LogP contribution in [0.2, 0.25) is 0 Å². The number of rotatable bonds is 7. The van der Waals surface area contributed by atoms with Gasteiger partial charge in [0.15, 0.2) is 5.13 Å². The van der Waals surface area contributed by atoms with Crippen LogP contribution >= 0.6 is 11.3 Å². The Balaban J connectivity index is 1.36. The van der Waals surface area contributed by atoms with Crippen molar-refractivity contribution in [1.82, 2.24) is 15.3 Å². The van der Waals surface area contributed by atoms with Gasteiger partial charge in [0.1, 0.15) is 0 Å². The second-order valence-corrected chi connectivity index (χ2v) is 6.61. The van der Waals surface area contributed by atoms with Crippen LogP contribution in [-0.4, -0.2) is 35.5 Å². The predicted octanol–water partition coefficient (Wildman–Crippen LogP) is 2.43. The standard InChI is InChI=1S/C17H22N4OS/c22-16(6-5-14-4-3-8-18-12-14)19-9-7-15-13-23-17(20-15)21-10-1-2-11-21/h3-4,8,12-13H,1-2,5-7,9-11H2,(H,19,22). The normalized spacial score (nSPS) is 14.2. The zero-order valence-corrected chi connectivity index (χ0v) is 14.0. The molecule has 23 heavy (non-hydrogen) atoms. The zero-order chi connectivity index (χ0) is 15.9. The van der Waals surface area contributed by atoms with E-state index in [4.69, 9.17) is 0 Å². The fraction of sp³-hybridized carbons (Fsp3) is 0.471. The molecule has 0 atom stereocenters. The van der Waals surface area contributed by atoms with Gasteiger partial charge in [-0.1, -0.05) is 6.07 Å². The van der Waals surface area contributed by atoms with Gasteiger partial charge in [0, 0.05) is 50.2 Å². The van der Waals surface area contributed by atoms with Crippen LogP contribution in [0.15, 0.2) is 29.9 Å². The third kappa shape index (κ3) is 4.76. The molecule has 0 spiro atoms. The molecule has 3 rings (SSSR count). The van der Waals surface area contributed by atoms with E-state index < -0.39 is 0 Å². The number of carbonyl (C=O) groups is 1. The first-order valence-electron chi connectivity index (χ1n) is 8.16. The Morgan fingerprint density at radius 3 is 2.96 bits per heavy atom. The highest BCUT2D eigenvalue weighted by Crippen LogP contribution is 2.24. The van der Waals surface area contributed by atoms with Crippen molar-refractivity contribution in [1.29, 1.82) is 0 Å². The van der Waals surface area contributed by atoms with E-state index in [1.165, 1.54) is 12.8 Å². The van der Waals surface area contributed by atoms with Crippen molar-refractivity contribution in [3.63, 3.8) is 0 Å². The molecule has 6 heteroatoms. The Bertz CT molecular complexity index is 623. The lowest BCUT2D eigenvalue weighted by Gasteiger charge is -2.12. The zero-order valence-electron chi connectivity index (χ0n) is 13.2. The van der Waals surface area contributed by atoms with Crippen LogP contribution in [0.5, 0.6) is 0 Å². The van der Waals surface area contributed by atoms with E-state index >= 15 is 0 Å². The highest BCUT2D eigenvalue weighted by Gasteiger charge is 2.15. The number of thiazole rings is 1. The molecule has 2 aromatic heterocycles. The molecule has 5 nitrogen and oxygen atoms in total. The number of amides is 1. The summed E-state index contributed by atoms with van der Waals surface area (Å²) in [4.78, 5) is 22.9. The Morgan fingerprint density at radius 2 is 2.17 bits per heavy atom. The number of hydrogen-bond donors (Lipinski definition) is 1. The van der Waals surface area contributed by atoms with E-state index in [0.29, 0.717) is 13.0 Å². The minimum atomic E-state index is 0.0869. The van der Waals surface area contributed by atoms with Crippen LogP contribution in [-0.2, 0) is 17.6 Å². The minimum absolute atomic E-state index is 0.0869. The van der Waals surface area contributed by atoms with E-state index in [1.807, 2.05) is 18.3 Å². The Kier molecular flexibility index (Phi) is 5.58. The largest absolute Gasteiger partial charge is 0.356 e. The molecule has 3 heterocycles. The maximum atomic E-state index is 11.9. The maximum Gasteiger partial charge on any atom is 0.220 e. The van der Waals surface area contributed by atoms with Gasteiger partial charge in [-0.2, -0.15) is 0 Å². The molecule has 1 amide bonds. The second-order valence-electron chi connectivity index (χ2n) is 5.78. The minimum Gasteiger partial charge on any atom is -0.356 e. The van der Waals surface area contributed by atoms with Gasteiger partial charge in [0.05, 0.1) is 5.69 Å². The van der Waals surface area contributed by atoms with E-state index in [1.54, 1.807) is 17.5 Å². The van der Waals surface area contributed by atoms with Crippen LogP contribution < -0.4 is 10.2 Å². The third-order valence-electron chi connectivity index (χ3n) is 3.98. The van der Waals surface area contributed by atoms with Crippen molar-refractivity contribution < 1.29 is 4.79 Å². The van der Waals surface area contributed by atoms with E-state index in [0.717, 1.165) is 42.3 Å². The fourth-order valence-corrected chi connectivity index (χ4v) is 3.60. The summed E-state index contributed by atoms with van der Waals surface area (Å²) < 4.78 is 0. The maximum absolute atomic E-state index is 11.9. The molecule has 1 aliphatic heterocycles. The van der Waals surface area contributed by atoms with Crippen molar-refractivity contribution in [2.45, 2.75) is 32.1 Å². The first-order valence-corrected chi connectivity index (χ1v) is 9.04. The summed E-state index contributed by atoms with van der Waals surface area (Å²) in [6.07, 6.45) is 8.11. The van der Waals surface area contributed by atoms with Crippen LogP contribution in [0.1, 0.15) is 30.5 Å². The average Bonchev–Trinajstić information content (AvgIpc) is 3.25. The van der Waals surface area contributed by atoms with Crippen LogP contribution in [0, 0.1) is 0 Å². The number of nitrogens with zero attached hydrogens (tertiary/aromatic N) is 3. The van der Waals surface area contributed by atoms with Gasteiger partial charge < -0.3 is 10.2 Å². The highest BCUT2D eigenvalue weighted by atomic mass is 32.1. The van der Waals surface area contributed by atoms with E-state index in [9.17, 15) is 4.79 Å². The smallest absolute Gasteiger partial charge is 0.220 e. The molecular weight excluding hydrogens is 308 g/mol. The molecule has 122 valence electrons. The molecule has 0 saturated carbocycles. The van der Waals surface area contributed by atoms with Gasteiger partial charge in [-0.05, 0) is 30.9 Å². The first kappa shape index (κ1) is 15.9. The summed E-state index contributed by atoms with van der Waals surface area (Å²) in [6.45, 7) is 2.89. The van der Waals surface area contributed by atoms with E-state index in [2.05, 4.69) is 25.6 Å². The molecule has 0 aliphatic carbocycles. The summed E-state index contributed by atoms with van der Waals surface area (Å²) in [5, 5.41) is 6.20. The van der Waals surface area contributed by atoms with Crippen molar-refractivity contribution in [3.8, 4) is 0 Å². The van der Waals surface area contributed by atoms with Crippen LogP contribution in [0.4, 0.5) is 5.13 Å². The molecule has 1 fully saturated rings. The molecule has 0 aromatic carbocycles. The number of aryl methyl sites for hydroxylation is 1. The molecule has 1 N–H and O–H groups in total. The molecule has 1 aliphatic rings. The van der Waals surface area contributed by atoms with Crippen LogP contribution in [0.3, 0.4) is 0 Å². The topological polar surface area (TPSA) is 58.1 Å². The summed E-state index contributed by atoms with van der Waals surface area (Å²) in [6, 6.07) is 3.89. The molecule has 0 unspecified atom stereocenters. The SMILES string of the molecule is O=C(CCc1cccnc1)NCCc1csc(N2CCCC2)n1. The Morgan fingerprint density at radius 1 is 1.30 bits per heavy atom. The molecule has 2 aromatic rings. The molecule has 1 saturated heterocycles. The van der Waals surface area contributed by atoms with E-state index in [-0.39, 0.29) is 5.91 Å². The summed E-state index contributed by atoms with van der Waals surface area (Å²) >= 11 is 1.71. The number of hydrogen-bond acceptors (Lipinski definition) is 5. The fourth-order valence-electron chi connectivity index (χ4n) is 2.69.